The molecule has 1 atom stereocenters. The Morgan fingerprint density at radius 2 is 1.88 bits per heavy atom. The maximum atomic E-state index is 12.5. The largest absolute Gasteiger partial charge is 0.345 e. The number of benzene rings is 2. The van der Waals surface area contributed by atoms with Crippen molar-refractivity contribution < 1.29 is 9.59 Å². The van der Waals surface area contributed by atoms with Gasteiger partial charge in [-0.15, -0.1) is 0 Å². The van der Waals surface area contributed by atoms with E-state index in [4.69, 9.17) is 0 Å². The van der Waals surface area contributed by atoms with E-state index in [0.717, 1.165) is 16.6 Å². The number of nitrogens with one attached hydrogen (secondary N) is 1. The number of carbonyl (C=O) groups is 2. The van der Waals surface area contributed by atoms with Crippen molar-refractivity contribution in [3.8, 4) is 6.07 Å². The third-order valence-corrected chi connectivity index (χ3v) is 4.27. The predicted octanol–water partition coefficient (Wildman–Crippen LogP) is 2.49. The minimum absolute atomic E-state index is 0.228. The van der Waals surface area contributed by atoms with E-state index in [2.05, 4.69) is 10.3 Å². The summed E-state index contributed by atoms with van der Waals surface area (Å²) in [6, 6.07) is 16.5. The molecule has 26 heavy (non-hydrogen) atoms. The topological polar surface area (TPSA) is 87.8 Å². The van der Waals surface area contributed by atoms with Gasteiger partial charge in [0.2, 0.25) is 0 Å². The molecule has 3 rings (SSSR count). The van der Waals surface area contributed by atoms with Crippen molar-refractivity contribution in [3.05, 3.63) is 65.5 Å². The summed E-state index contributed by atoms with van der Waals surface area (Å²) < 4.78 is 1.74. The number of aryl methyl sites for hydroxylation is 2. The van der Waals surface area contributed by atoms with Crippen molar-refractivity contribution >= 4 is 22.7 Å². The SMILES string of the molecule is Cc1ccc(C(=O)NCC(=O)[C@@H](C#N)c2nc3ccccc3n2C)cc1. The second-order valence-corrected chi connectivity index (χ2v) is 6.09. The molecule has 1 heterocycles. The molecule has 0 bridgehead atoms. The zero-order valence-corrected chi connectivity index (χ0v) is 14.6. The van der Waals surface area contributed by atoms with Crippen molar-refractivity contribution in [2.75, 3.05) is 6.54 Å². The van der Waals surface area contributed by atoms with Crippen LogP contribution < -0.4 is 5.32 Å². The molecule has 0 saturated carbocycles. The van der Waals surface area contributed by atoms with Gasteiger partial charge in [-0.1, -0.05) is 29.8 Å². The Morgan fingerprint density at radius 1 is 1.19 bits per heavy atom. The summed E-state index contributed by atoms with van der Waals surface area (Å²) in [5.41, 5.74) is 3.09. The second kappa shape index (κ2) is 7.19. The van der Waals surface area contributed by atoms with Gasteiger partial charge in [-0.2, -0.15) is 5.26 Å². The lowest BCUT2D eigenvalue weighted by molar-refractivity contribution is -0.118. The minimum atomic E-state index is -1.04. The van der Waals surface area contributed by atoms with E-state index < -0.39 is 11.7 Å². The Morgan fingerprint density at radius 3 is 2.54 bits per heavy atom. The number of nitrogens with zero attached hydrogens (tertiary/aromatic N) is 3. The van der Waals surface area contributed by atoms with Crippen LogP contribution in [0.4, 0.5) is 0 Å². The summed E-state index contributed by atoms with van der Waals surface area (Å²) in [7, 11) is 1.77. The number of nitriles is 1. The first-order chi connectivity index (χ1) is 12.5. The lowest BCUT2D eigenvalue weighted by Gasteiger charge is -2.10. The molecular formula is C20H18N4O2. The Labute approximate surface area is 151 Å². The number of fused-ring (bicyclic) bond motifs is 1. The summed E-state index contributed by atoms with van der Waals surface area (Å²) in [5.74, 6) is -1.40. The highest BCUT2D eigenvalue weighted by atomic mass is 16.2. The van der Waals surface area contributed by atoms with Crippen molar-refractivity contribution in [1.29, 1.82) is 5.26 Å². The van der Waals surface area contributed by atoms with Gasteiger partial charge in [0.15, 0.2) is 11.7 Å². The molecular weight excluding hydrogens is 328 g/mol. The highest BCUT2D eigenvalue weighted by Crippen LogP contribution is 2.21. The molecule has 0 aliphatic carbocycles. The zero-order valence-electron chi connectivity index (χ0n) is 14.6. The van der Waals surface area contributed by atoms with Crippen LogP contribution in [0.2, 0.25) is 0 Å². The van der Waals surface area contributed by atoms with Crippen molar-refractivity contribution in [2.24, 2.45) is 7.05 Å². The molecule has 0 unspecified atom stereocenters. The van der Waals surface area contributed by atoms with Crippen LogP contribution in [0.5, 0.6) is 0 Å². The van der Waals surface area contributed by atoms with Crippen LogP contribution in [-0.4, -0.2) is 27.8 Å². The van der Waals surface area contributed by atoms with E-state index in [9.17, 15) is 14.9 Å². The molecule has 1 aromatic heterocycles. The third-order valence-electron chi connectivity index (χ3n) is 4.27. The van der Waals surface area contributed by atoms with Gasteiger partial charge in [0.05, 0.1) is 23.6 Å². The van der Waals surface area contributed by atoms with Crippen LogP contribution in [-0.2, 0) is 11.8 Å². The zero-order chi connectivity index (χ0) is 18.7. The van der Waals surface area contributed by atoms with Gasteiger partial charge in [-0.25, -0.2) is 4.98 Å². The number of para-hydroxylation sites is 2. The number of carbonyl (C=O) groups excluding carboxylic acids is 2. The molecule has 0 fully saturated rings. The monoisotopic (exact) mass is 346 g/mol. The van der Waals surface area contributed by atoms with Gasteiger partial charge >= 0.3 is 0 Å². The fraction of sp³-hybridized carbons (Fsp3) is 0.200. The van der Waals surface area contributed by atoms with Crippen LogP contribution in [0.25, 0.3) is 11.0 Å². The molecule has 0 spiro atoms. The summed E-state index contributed by atoms with van der Waals surface area (Å²) >= 11 is 0. The number of hydrogen-bond acceptors (Lipinski definition) is 4. The van der Waals surface area contributed by atoms with Gasteiger partial charge in [0.25, 0.3) is 5.91 Å². The molecule has 1 amide bonds. The predicted molar refractivity (Wildman–Crippen MR) is 97.6 cm³/mol. The van der Waals surface area contributed by atoms with Crippen LogP contribution in [0.1, 0.15) is 27.7 Å². The third kappa shape index (κ3) is 3.33. The number of ketones is 1. The van der Waals surface area contributed by atoms with Crippen LogP contribution in [0, 0.1) is 18.3 Å². The first-order valence-corrected chi connectivity index (χ1v) is 8.20. The fourth-order valence-corrected chi connectivity index (χ4v) is 2.77. The first kappa shape index (κ1) is 17.4. The second-order valence-electron chi connectivity index (χ2n) is 6.09. The molecule has 3 aromatic rings. The fourth-order valence-electron chi connectivity index (χ4n) is 2.77. The summed E-state index contributed by atoms with van der Waals surface area (Å²) in [4.78, 5) is 29.1. The molecule has 1 N–H and O–H groups in total. The molecule has 0 saturated heterocycles. The smallest absolute Gasteiger partial charge is 0.251 e. The van der Waals surface area contributed by atoms with Crippen molar-refractivity contribution in [2.45, 2.75) is 12.8 Å². The Kier molecular flexibility index (Phi) is 4.81. The standard InChI is InChI=1S/C20H18N4O2/c1-13-7-9-14(10-8-13)20(26)22-12-18(25)15(11-21)19-23-16-5-3-4-6-17(16)24(19)2/h3-10,15H,12H2,1-2H3,(H,22,26)/t15-/m1/s1. The van der Waals surface area contributed by atoms with Crippen LogP contribution in [0.15, 0.2) is 48.5 Å². The van der Waals surface area contributed by atoms with Gasteiger partial charge < -0.3 is 9.88 Å². The van der Waals surface area contributed by atoms with Crippen LogP contribution in [0.3, 0.4) is 0 Å². The average molecular weight is 346 g/mol. The summed E-state index contributed by atoms with van der Waals surface area (Å²) in [6.45, 7) is 1.70. The van der Waals surface area contributed by atoms with E-state index >= 15 is 0 Å². The highest BCUT2D eigenvalue weighted by Gasteiger charge is 2.26. The first-order valence-electron chi connectivity index (χ1n) is 8.20. The van der Waals surface area contributed by atoms with E-state index in [-0.39, 0.29) is 12.5 Å². The maximum absolute atomic E-state index is 12.5. The van der Waals surface area contributed by atoms with Crippen molar-refractivity contribution in [1.82, 2.24) is 14.9 Å². The molecule has 2 aromatic carbocycles. The van der Waals surface area contributed by atoms with Gasteiger partial charge in [0.1, 0.15) is 5.82 Å². The normalized spacial score (nSPS) is 11.7. The summed E-state index contributed by atoms with van der Waals surface area (Å²) in [5, 5.41) is 12.1. The summed E-state index contributed by atoms with van der Waals surface area (Å²) in [6.07, 6.45) is 0. The Bertz CT molecular complexity index is 1010. The number of hydrogen-bond donors (Lipinski definition) is 1. The Hall–Kier alpha value is -3.46. The van der Waals surface area contributed by atoms with Crippen molar-refractivity contribution in [3.63, 3.8) is 0 Å². The Balaban J connectivity index is 1.74. The van der Waals surface area contributed by atoms with Gasteiger partial charge in [-0.3, -0.25) is 9.59 Å². The number of rotatable bonds is 5. The van der Waals surface area contributed by atoms with Gasteiger partial charge in [-0.05, 0) is 31.2 Å². The number of Topliss-reactive ketones (excluding diaryl/α,β-unsaturated/α-hetero) is 1. The lowest BCUT2D eigenvalue weighted by atomic mass is 10.0. The number of amides is 1. The van der Waals surface area contributed by atoms with E-state index in [0.29, 0.717) is 11.4 Å². The quantitative estimate of drug-likeness (QED) is 0.769. The average Bonchev–Trinajstić information content (AvgIpc) is 2.98. The molecule has 0 aliphatic heterocycles. The van der Waals surface area contributed by atoms with E-state index in [1.807, 2.05) is 49.4 Å². The van der Waals surface area contributed by atoms with Crippen LogP contribution >= 0.6 is 0 Å². The van der Waals surface area contributed by atoms with E-state index in [1.165, 1.54) is 0 Å². The van der Waals surface area contributed by atoms with Gasteiger partial charge in [0, 0.05) is 12.6 Å². The maximum Gasteiger partial charge on any atom is 0.251 e. The lowest BCUT2D eigenvalue weighted by Crippen LogP contribution is -2.32. The minimum Gasteiger partial charge on any atom is -0.345 e. The molecule has 6 nitrogen and oxygen atoms in total. The number of imidazole rings is 1. The molecule has 130 valence electrons. The molecule has 0 radical (unpaired) electrons. The number of aromatic nitrogens is 2. The highest BCUT2D eigenvalue weighted by molar-refractivity contribution is 5.98. The molecule has 0 aliphatic rings. The molecule has 6 heteroatoms. The van der Waals surface area contributed by atoms with E-state index in [1.54, 1.807) is 23.7 Å².